The van der Waals surface area contributed by atoms with Crippen molar-refractivity contribution in [3.63, 3.8) is 0 Å². The highest BCUT2D eigenvalue weighted by Crippen LogP contribution is 2.77. The van der Waals surface area contributed by atoms with Gasteiger partial charge in [0, 0.05) is 11.8 Å². The molecule has 9 atom stereocenters. The van der Waals surface area contributed by atoms with E-state index in [1.807, 2.05) is 0 Å². The molecule has 0 aromatic heterocycles. The molecule has 0 radical (unpaired) electrons. The van der Waals surface area contributed by atoms with Crippen LogP contribution in [-0.4, -0.2) is 18.5 Å². The van der Waals surface area contributed by atoms with Crippen LogP contribution < -0.4 is 0 Å². The lowest BCUT2D eigenvalue weighted by atomic mass is 9.31. The number of rotatable bonds is 0. The lowest BCUT2D eigenvalue weighted by molar-refractivity contribution is -0.239. The standard InChI is InChI=1S/C30H48O2/c1-25(2)14-16-30-17-15-28(6)19(23(30)24(25)32-18-30)8-9-21-27(5)12-11-22(31)26(3,4)20(27)10-13-29(21,28)7/h19-21,23-24H,8-18H2,1-7H3/t19-,20?,21-,23+,24-,27+,28-,29-,30-/m1/s1. The fraction of sp³-hybridized carbons (Fsp3) is 0.967. The zero-order chi connectivity index (χ0) is 22.9. The Bertz CT molecular complexity index is 842. The van der Waals surface area contributed by atoms with Crippen LogP contribution in [0, 0.1) is 56.2 Å². The first-order chi connectivity index (χ1) is 14.8. The van der Waals surface area contributed by atoms with Gasteiger partial charge in [-0.2, -0.15) is 0 Å². The molecule has 5 saturated carbocycles. The fourth-order valence-corrected chi connectivity index (χ4v) is 11.8. The van der Waals surface area contributed by atoms with E-state index >= 15 is 0 Å². The molecule has 0 aromatic carbocycles. The number of carbonyl (C=O) groups excluding carboxylic acids is 1. The molecule has 180 valence electrons. The summed E-state index contributed by atoms with van der Waals surface area (Å²) in [5.41, 5.74) is 1.83. The molecule has 1 saturated heterocycles. The summed E-state index contributed by atoms with van der Waals surface area (Å²) >= 11 is 0. The second-order valence-corrected chi connectivity index (χ2v) is 15.4. The van der Waals surface area contributed by atoms with E-state index in [1.54, 1.807) is 0 Å². The molecule has 0 amide bonds. The second kappa shape index (κ2) is 6.24. The maximum Gasteiger partial charge on any atom is 0.138 e. The van der Waals surface area contributed by atoms with Gasteiger partial charge in [-0.05, 0) is 109 Å². The first-order valence-corrected chi connectivity index (χ1v) is 14.0. The van der Waals surface area contributed by atoms with Gasteiger partial charge in [-0.15, -0.1) is 0 Å². The third-order valence-electron chi connectivity index (χ3n) is 13.9. The molecule has 1 heterocycles. The van der Waals surface area contributed by atoms with Crippen LogP contribution in [0.1, 0.15) is 113 Å². The van der Waals surface area contributed by atoms with Crippen LogP contribution in [0.4, 0.5) is 0 Å². The van der Waals surface area contributed by atoms with Crippen molar-refractivity contribution in [3.05, 3.63) is 0 Å². The zero-order valence-corrected chi connectivity index (χ0v) is 22.0. The molecule has 0 aromatic rings. The SMILES string of the molecule is CC1(C)C(=O)CC[C@@]2(C)C1CC[C@]1(C)[C@@H]2CC[C@@H]2[C@H]3[C@H]4OC[C@@]3(CCC4(C)C)CC[C@]21C. The van der Waals surface area contributed by atoms with E-state index in [0.29, 0.717) is 44.9 Å². The predicted octanol–water partition coefficient (Wildman–Crippen LogP) is 7.45. The Morgan fingerprint density at radius 1 is 0.750 bits per heavy atom. The van der Waals surface area contributed by atoms with Crippen LogP contribution in [0.15, 0.2) is 0 Å². The molecule has 32 heavy (non-hydrogen) atoms. The van der Waals surface area contributed by atoms with Gasteiger partial charge in [0.1, 0.15) is 5.78 Å². The van der Waals surface area contributed by atoms with E-state index < -0.39 is 0 Å². The Morgan fingerprint density at radius 3 is 2.22 bits per heavy atom. The number of ether oxygens (including phenoxy) is 1. The van der Waals surface area contributed by atoms with Crippen LogP contribution in [0.5, 0.6) is 0 Å². The van der Waals surface area contributed by atoms with Crippen molar-refractivity contribution >= 4 is 5.78 Å². The van der Waals surface area contributed by atoms with Gasteiger partial charge in [0.05, 0.1) is 12.7 Å². The lowest BCUT2D eigenvalue weighted by Crippen LogP contribution is -2.67. The van der Waals surface area contributed by atoms with Gasteiger partial charge in [0.25, 0.3) is 0 Å². The molecule has 6 rings (SSSR count). The van der Waals surface area contributed by atoms with Crippen LogP contribution in [0.25, 0.3) is 0 Å². The third-order valence-corrected chi connectivity index (χ3v) is 13.9. The topological polar surface area (TPSA) is 26.3 Å². The highest BCUT2D eigenvalue weighted by Gasteiger charge is 2.72. The minimum Gasteiger partial charge on any atom is -0.377 e. The molecule has 6 fully saturated rings. The Morgan fingerprint density at radius 2 is 1.47 bits per heavy atom. The molecular weight excluding hydrogens is 392 g/mol. The van der Waals surface area contributed by atoms with Gasteiger partial charge in [-0.3, -0.25) is 4.79 Å². The van der Waals surface area contributed by atoms with Crippen molar-refractivity contribution in [2.24, 2.45) is 56.2 Å². The van der Waals surface area contributed by atoms with E-state index in [4.69, 9.17) is 4.74 Å². The number of hydrogen-bond donors (Lipinski definition) is 0. The second-order valence-electron chi connectivity index (χ2n) is 15.4. The highest BCUT2D eigenvalue weighted by molar-refractivity contribution is 5.85. The van der Waals surface area contributed by atoms with Crippen molar-refractivity contribution in [2.75, 3.05) is 6.61 Å². The number of carbonyl (C=O) groups is 1. The summed E-state index contributed by atoms with van der Waals surface area (Å²) < 4.78 is 6.70. The normalized spacial score (nSPS) is 57.7. The van der Waals surface area contributed by atoms with Crippen LogP contribution in [0.3, 0.4) is 0 Å². The minimum absolute atomic E-state index is 0.136. The van der Waals surface area contributed by atoms with Gasteiger partial charge in [0.15, 0.2) is 0 Å². The Hall–Kier alpha value is -0.370. The molecule has 2 nitrogen and oxygen atoms in total. The molecule has 5 aliphatic carbocycles. The number of fused-ring (bicyclic) bond motifs is 5. The van der Waals surface area contributed by atoms with E-state index in [-0.39, 0.29) is 5.41 Å². The number of ketones is 1. The summed E-state index contributed by atoms with van der Waals surface area (Å²) in [5, 5.41) is 0. The van der Waals surface area contributed by atoms with Gasteiger partial charge in [-0.1, -0.05) is 48.5 Å². The summed E-state index contributed by atoms with van der Waals surface area (Å²) in [6, 6.07) is 0. The molecule has 1 unspecified atom stereocenters. The monoisotopic (exact) mass is 440 g/mol. The van der Waals surface area contributed by atoms with Crippen LogP contribution in [0.2, 0.25) is 0 Å². The fourth-order valence-electron chi connectivity index (χ4n) is 11.8. The molecular formula is C30H48O2. The van der Waals surface area contributed by atoms with Crippen LogP contribution in [-0.2, 0) is 9.53 Å². The average Bonchev–Trinajstić information content (AvgIpc) is 3.05. The largest absolute Gasteiger partial charge is 0.377 e. The smallest absolute Gasteiger partial charge is 0.138 e. The van der Waals surface area contributed by atoms with Gasteiger partial charge in [-0.25, -0.2) is 0 Å². The Kier molecular flexibility index (Phi) is 4.31. The zero-order valence-electron chi connectivity index (χ0n) is 22.0. The minimum atomic E-state index is -0.136. The molecule has 0 spiro atoms. The first-order valence-electron chi connectivity index (χ1n) is 14.0. The number of hydrogen-bond acceptors (Lipinski definition) is 2. The Balaban J connectivity index is 1.40. The van der Waals surface area contributed by atoms with Crippen LogP contribution >= 0.6 is 0 Å². The maximum absolute atomic E-state index is 12.9. The van der Waals surface area contributed by atoms with Crippen molar-refractivity contribution in [1.82, 2.24) is 0 Å². The Labute approximate surface area is 197 Å². The predicted molar refractivity (Wildman–Crippen MR) is 129 cm³/mol. The van der Waals surface area contributed by atoms with Crippen molar-refractivity contribution in [1.29, 1.82) is 0 Å². The molecule has 2 bridgehead atoms. The van der Waals surface area contributed by atoms with Gasteiger partial charge in [0.2, 0.25) is 0 Å². The third kappa shape index (κ3) is 2.35. The maximum atomic E-state index is 12.9. The lowest BCUT2D eigenvalue weighted by Gasteiger charge is -2.72. The summed E-state index contributed by atoms with van der Waals surface area (Å²) in [7, 11) is 0. The first kappa shape index (κ1) is 22.1. The summed E-state index contributed by atoms with van der Waals surface area (Å²) in [4.78, 5) is 12.9. The molecule has 6 aliphatic rings. The summed E-state index contributed by atoms with van der Waals surface area (Å²) in [6.07, 6.45) is 13.3. The van der Waals surface area contributed by atoms with E-state index in [9.17, 15) is 4.79 Å². The number of Topliss-reactive ketones (excluding diaryl/α,β-unsaturated/α-hetero) is 1. The van der Waals surface area contributed by atoms with Crippen molar-refractivity contribution in [2.45, 2.75) is 119 Å². The highest BCUT2D eigenvalue weighted by atomic mass is 16.5. The van der Waals surface area contributed by atoms with E-state index in [1.165, 1.54) is 51.4 Å². The summed E-state index contributed by atoms with van der Waals surface area (Å²) in [5.74, 6) is 3.46. The van der Waals surface area contributed by atoms with Gasteiger partial charge < -0.3 is 4.74 Å². The van der Waals surface area contributed by atoms with E-state index in [2.05, 4.69) is 48.5 Å². The van der Waals surface area contributed by atoms with Crippen molar-refractivity contribution in [3.8, 4) is 0 Å². The van der Waals surface area contributed by atoms with E-state index in [0.717, 1.165) is 37.2 Å². The quantitative estimate of drug-likeness (QED) is 0.391. The molecule has 2 heteroatoms. The average molecular weight is 441 g/mol. The molecule has 1 aliphatic heterocycles. The molecule has 0 N–H and O–H groups in total. The summed E-state index contributed by atoms with van der Waals surface area (Å²) in [6.45, 7) is 18.6. The van der Waals surface area contributed by atoms with Gasteiger partial charge >= 0.3 is 0 Å². The van der Waals surface area contributed by atoms with Crippen molar-refractivity contribution < 1.29 is 9.53 Å².